The molecule has 5 heterocycles. The number of rotatable bonds is 4. The van der Waals surface area contributed by atoms with Crippen LogP contribution in [0.15, 0.2) is 29.9 Å². The highest BCUT2D eigenvalue weighted by Crippen LogP contribution is 2.33. The zero-order valence-corrected chi connectivity index (χ0v) is 19.4. The Bertz CT molecular complexity index is 1110. The van der Waals surface area contributed by atoms with Crippen molar-refractivity contribution in [1.82, 2.24) is 24.8 Å². The zero-order chi connectivity index (χ0) is 22.1. The summed E-state index contributed by atoms with van der Waals surface area (Å²) in [6, 6.07) is 6.04. The summed E-state index contributed by atoms with van der Waals surface area (Å²) in [6.07, 6.45) is 5.92. The summed E-state index contributed by atoms with van der Waals surface area (Å²) in [6.45, 7) is 7.16. The fourth-order valence-corrected chi connectivity index (χ4v) is 5.53. The third-order valence-corrected chi connectivity index (χ3v) is 7.37. The molecular weight excluding hydrogens is 420 g/mol. The molecule has 5 rings (SSSR count). The highest BCUT2D eigenvalue weighted by atomic mass is 32.1. The molecule has 2 aliphatic heterocycles. The Balaban J connectivity index is 1.40. The maximum Gasteiger partial charge on any atom is 0.265 e. The predicted molar refractivity (Wildman–Crippen MR) is 125 cm³/mol. The van der Waals surface area contributed by atoms with E-state index in [4.69, 9.17) is 9.97 Å². The number of thiazole rings is 1. The first kappa shape index (κ1) is 21.0. The lowest BCUT2D eigenvalue weighted by Crippen LogP contribution is -2.40. The number of pyridine rings is 1. The van der Waals surface area contributed by atoms with E-state index < -0.39 is 0 Å². The Morgan fingerprint density at radius 2 is 2.03 bits per heavy atom. The monoisotopic (exact) mass is 448 g/mol. The Morgan fingerprint density at radius 1 is 1.12 bits per heavy atom. The molecule has 166 valence electrons. The van der Waals surface area contributed by atoms with Crippen LogP contribution >= 0.6 is 11.3 Å². The minimum Gasteiger partial charge on any atom is -0.350 e. The third kappa shape index (κ3) is 4.11. The van der Waals surface area contributed by atoms with Crippen molar-refractivity contribution in [2.75, 3.05) is 24.5 Å². The molecule has 0 N–H and O–H groups in total. The highest BCUT2D eigenvalue weighted by Gasteiger charge is 2.31. The molecule has 0 radical (unpaired) electrons. The van der Waals surface area contributed by atoms with E-state index in [0.717, 1.165) is 78.9 Å². The van der Waals surface area contributed by atoms with Crippen LogP contribution < -0.4 is 4.90 Å². The Labute approximate surface area is 192 Å². The van der Waals surface area contributed by atoms with Gasteiger partial charge in [0.15, 0.2) is 0 Å². The van der Waals surface area contributed by atoms with E-state index in [1.54, 1.807) is 5.51 Å². The first-order chi connectivity index (χ1) is 15.6. The first-order valence-corrected chi connectivity index (χ1v) is 12.2. The Morgan fingerprint density at radius 3 is 2.81 bits per heavy atom. The van der Waals surface area contributed by atoms with Gasteiger partial charge in [-0.05, 0) is 51.7 Å². The second-order valence-electron chi connectivity index (χ2n) is 8.67. The summed E-state index contributed by atoms with van der Waals surface area (Å²) >= 11 is 1.42. The molecule has 7 nitrogen and oxygen atoms in total. The molecule has 0 spiro atoms. The van der Waals surface area contributed by atoms with E-state index in [9.17, 15) is 4.79 Å². The molecule has 0 aliphatic carbocycles. The number of aryl methyl sites for hydroxylation is 2. The molecule has 1 unspecified atom stereocenters. The summed E-state index contributed by atoms with van der Waals surface area (Å²) < 4.78 is 0. The van der Waals surface area contributed by atoms with E-state index >= 15 is 0 Å². The van der Waals surface area contributed by atoms with Crippen LogP contribution in [0.2, 0.25) is 0 Å². The van der Waals surface area contributed by atoms with Crippen LogP contribution in [0.1, 0.15) is 63.3 Å². The average molecular weight is 449 g/mol. The van der Waals surface area contributed by atoms with Crippen LogP contribution in [-0.4, -0.2) is 50.4 Å². The molecule has 1 amide bonds. The van der Waals surface area contributed by atoms with Gasteiger partial charge < -0.3 is 9.80 Å². The van der Waals surface area contributed by atoms with E-state index in [1.165, 1.54) is 16.9 Å². The molecule has 2 aliphatic rings. The number of anilines is 1. The summed E-state index contributed by atoms with van der Waals surface area (Å²) in [5, 5.41) is 0. The van der Waals surface area contributed by atoms with Crippen LogP contribution in [0.25, 0.3) is 0 Å². The summed E-state index contributed by atoms with van der Waals surface area (Å²) in [5.41, 5.74) is 5.92. The number of piperidine rings is 1. The van der Waals surface area contributed by atoms with E-state index in [1.807, 2.05) is 30.2 Å². The van der Waals surface area contributed by atoms with E-state index in [2.05, 4.69) is 27.9 Å². The number of hydrogen-bond donors (Lipinski definition) is 0. The van der Waals surface area contributed by atoms with Gasteiger partial charge in [-0.2, -0.15) is 0 Å². The van der Waals surface area contributed by atoms with Crippen molar-refractivity contribution in [2.45, 2.75) is 52.0 Å². The second kappa shape index (κ2) is 8.94. The molecule has 32 heavy (non-hydrogen) atoms. The van der Waals surface area contributed by atoms with Crippen LogP contribution in [0.4, 0.5) is 5.82 Å². The Hall–Kier alpha value is -2.87. The van der Waals surface area contributed by atoms with Crippen LogP contribution in [-0.2, 0) is 13.0 Å². The van der Waals surface area contributed by atoms with Gasteiger partial charge in [0.05, 0.1) is 23.4 Å². The molecule has 0 saturated carbocycles. The minimum atomic E-state index is 0.0844. The van der Waals surface area contributed by atoms with Gasteiger partial charge in [0.1, 0.15) is 16.5 Å². The summed E-state index contributed by atoms with van der Waals surface area (Å²) in [7, 11) is 0. The van der Waals surface area contributed by atoms with Gasteiger partial charge >= 0.3 is 0 Å². The number of nitrogens with zero attached hydrogens (tertiary/aromatic N) is 6. The molecule has 8 heteroatoms. The predicted octanol–water partition coefficient (Wildman–Crippen LogP) is 3.92. The van der Waals surface area contributed by atoms with Gasteiger partial charge in [0.2, 0.25) is 0 Å². The van der Waals surface area contributed by atoms with Crippen molar-refractivity contribution < 1.29 is 4.79 Å². The first-order valence-electron chi connectivity index (χ1n) is 11.3. The van der Waals surface area contributed by atoms with Gasteiger partial charge in [-0.3, -0.25) is 9.78 Å². The molecule has 3 aromatic heterocycles. The fraction of sp³-hybridized carbons (Fsp3) is 0.458. The number of fused-ring (bicyclic) bond motifs is 1. The molecule has 0 bridgehead atoms. The topological polar surface area (TPSA) is 75.1 Å². The van der Waals surface area contributed by atoms with Crippen LogP contribution in [0, 0.1) is 13.8 Å². The third-order valence-electron chi connectivity index (χ3n) is 6.46. The number of amides is 1. The highest BCUT2D eigenvalue weighted by molar-refractivity contribution is 7.11. The van der Waals surface area contributed by atoms with E-state index in [-0.39, 0.29) is 11.8 Å². The van der Waals surface area contributed by atoms with Gasteiger partial charge in [0, 0.05) is 43.0 Å². The lowest BCUT2D eigenvalue weighted by molar-refractivity contribution is 0.0708. The quantitative estimate of drug-likeness (QED) is 0.602. The number of aromatic nitrogens is 4. The fourth-order valence-electron chi connectivity index (χ4n) is 4.76. The standard InChI is InChI=1S/C24H28N6OS/c1-16-20-9-6-11-29(14-19-8-3-4-10-25-19)23(20)28-22(27-16)18-7-5-12-30(13-18)24(31)21-17(2)26-15-32-21/h3-4,8,10,15,18H,5-7,9,11-14H2,1-2H3. The normalized spacial score (nSPS) is 18.5. The number of carbonyl (C=O) groups is 1. The van der Waals surface area contributed by atoms with Crippen molar-refractivity contribution in [2.24, 2.45) is 0 Å². The van der Waals surface area contributed by atoms with Gasteiger partial charge in [0.25, 0.3) is 5.91 Å². The maximum absolute atomic E-state index is 13.1. The van der Waals surface area contributed by atoms with Gasteiger partial charge in [-0.1, -0.05) is 6.07 Å². The van der Waals surface area contributed by atoms with Crippen LogP contribution in [0.5, 0.6) is 0 Å². The molecule has 3 aromatic rings. The van der Waals surface area contributed by atoms with Crippen molar-refractivity contribution in [3.8, 4) is 0 Å². The average Bonchev–Trinajstić information content (AvgIpc) is 3.25. The van der Waals surface area contributed by atoms with Crippen molar-refractivity contribution in [1.29, 1.82) is 0 Å². The van der Waals surface area contributed by atoms with Gasteiger partial charge in [-0.25, -0.2) is 15.0 Å². The van der Waals surface area contributed by atoms with E-state index in [0.29, 0.717) is 6.54 Å². The number of hydrogen-bond acceptors (Lipinski definition) is 7. The SMILES string of the molecule is Cc1ncsc1C(=O)N1CCCC(c2nc(C)c3c(n2)N(Cc2ccccn2)CCC3)C1. The molecule has 1 fully saturated rings. The van der Waals surface area contributed by atoms with Crippen molar-refractivity contribution >= 4 is 23.1 Å². The van der Waals surface area contributed by atoms with Crippen molar-refractivity contribution in [3.05, 3.63) is 63.3 Å². The summed E-state index contributed by atoms with van der Waals surface area (Å²) in [4.78, 5) is 36.9. The molecule has 0 aromatic carbocycles. The molecule has 1 atom stereocenters. The smallest absolute Gasteiger partial charge is 0.265 e. The zero-order valence-electron chi connectivity index (χ0n) is 18.6. The maximum atomic E-state index is 13.1. The van der Waals surface area contributed by atoms with Gasteiger partial charge in [-0.15, -0.1) is 11.3 Å². The lowest BCUT2D eigenvalue weighted by atomic mass is 9.95. The second-order valence-corrected chi connectivity index (χ2v) is 9.53. The lowest BCUT2D eigenvalue weighted by Gasteiger charge is -2.34. The van der Waals surface area contributed by atoms with Crippen LogP contribution in [0.3, 0.4) is 0 Å². The Kier molecular flexibility index (Phi) is 5.87. The summed E-state index contributed by atoms with van der Waals surface area (Å²) in [5.74, 6) is 2.16. The number of carbonyl (C=O) groups excluding carboxylic acids is 1. The molecular formula is C24H28N6OS. The largest absolute Gasteiger partial charge is 0.350 e. The minimum absolute atomic E-state index is 0.0844. The number of likely N-dealkylation sites (tertiary alicyclic amines) is 1. The molecule has 1 saturated heterocycles. The van der Waals surface area contributed by atoms with Crippen molar-refractivity contribution in [3.63, 3.8) is 0 Å².